The van der Waals surface area contributed by atoms with Crippen LogP contribution in [0, 0.1) is 5.92 Å². The highest BCUT2D eigenvalue weighted by Crippen LogP contribution is 2.43. The first kappa shape index (κ1) is 6.55. The topological polar surface area (TPSA) is 46.5 Å². The number of aliphatic hydroxyl groups is 1. The normalized spacial score (nSPS) is 40.1. The van der Waals surface area contributed by atoms with Crippen molar-refractivity contribution in [1.29, 1.82) is 0 Å². The molecule has 3 nitrogen and oxygen atoms in total. The lowest BCUT2D eigenvalue weighted by atomic mass is 10.3. The largest absolute Gasteiger partial charge is 0.467 e. The summed E-state index contributed by atoms with van der Waals surface area (Å²) in [6, 6.07) is 0. The Balaban J connectivity index is 2.53. The minimum atomic E-state index is -1.14. The molecule has 0 bridgehead atoms. The molecule has 1 aliphatic carbocycles. The molecule has 1 rings (SSSR count). The molecule has 2 atom stereocenters. The highest BCUT2D eigenvalue weighted by atomic mass is 16.5. The molecule has 52 valence electrons. The van der Waals surface area contributed by atoms with Gasteiger partial charge in [0.05, 0.1) is 7.11 Å². The summed E-state index contributed by atoms with van der Waals surface area (Å²) in [6.07, 6.45) is 0.541. The second kappa shape index (κ2) is 1.70. The molecule has 1 fully saturated rings. The third kappa shape index (κ3) is 0.812. The molecule has 0 aliphatic heterocycles. The third-order valence-electron chi connectivity index (χ3n) is 1.81. The molecule has 0 heterocycles. The van der Waals surface area contributed by atoms with Gasteiger partial charge in [-0.2, -0.15) is 0 Å². The van der Waals surface area contributed by atoms with Gasteiger partial charge in [-0.05, 0) is 12.3 Å². The van der Waals surface area contributed by atoms with E-state index >= 15 is 0 Å². The minimum absolute atomic E-state index is 0.0740. The molecule has 0 amide bonds. The van der Waals surface area contributed by atoms with Crippen molar-refractivity contribution in [3.05, 3.63) is 0 Å². The van der Waals surface area contributed by atoms with Gasteiger partial charge in [0.2, 0.25) is 0 Å². The van der Waals surface area contributed by atoms with Crippen molar-refractivity contribution in [3.63, 3.8) is 0 Å². The maximum Gasteiger partial charge on any atom is 0.338 e. The summed E-state index contributed by atoms with van der Waals surface area (Å²) in [5.74, 6) is -0.431. The van der Waals surface area contributed by atoms with Gasteiger partial charge in [0.1, 0.15) is 0 Å². The molecule has 1 N–H and O–H groups in total. The number of hydrogen-bond acceptors (Lipinski definition) is 3. The molecule has 0 aromatic rings. The van der Waals surface area contributed by atoms with E-state index in [9.17, 15) is 9.90 Å². The second-order valence-corrected chi connectivity index (χ2v) is 2.52. The lowest BCUT2D eigenvalue weighted by Crippen LogP contribution is -2.25. The van der Waals surface area contributed by atoms with Crippen LogP contribution in [0.1, 0.15) is 13.3 Å². The van der Waals surface area contributed by atoms with Crippen molar-refractivity contribution in [2.24, 2.45) is 5.92 Å². The summed E-state index contributed by atoms with van der Waals surface area (Å²) in [4.78, 5) is 10.6. The molecule has 1 aliphatic rings. The van der Waals surface area contributed by atoms with Gasteiger partial charge in [-0.15, -0.1) is 0 Å². The van der Waals surface area contributed by atoms with Crippen LogP contribution in [0.2, 0.25) is 0 Å². The SMILES string of the molecule is COC(=O)C1(O)CC1C. The predicted molar refractivity (Wildman–Crippen MR) is 30.7 cm³/mol. The number of carbonyl (C=O) groups is 1. The summed E-state index contributed by atoms with van der Waals surface area (Å²) in [7, 11) is 1.28. The molecule has 1 saturated carbocycles. The van der Waals surface area contributed by atoms with E-state index < -0.39 is 11.6 Å². The molecule has 0 spiro atoms. The number of esters is 1. The Hall–Kier alpha value is -0.570. The summed E-state index contributed by atoms with van der Waals surface area (Å²) < 4.78 is 4.36. The van der Waals surface area contributed by atoms with Gasteiger partial charge < -0.3 is 9.84 Å². The van der Waals surface area contributed by atoms with E-state index in [1.807, 2.05) is 6.92 Å². The Morgan fingerprint density at radius 2 is 2.33 bits per heavy atom. The van der Waals surface area contributed by atoms with Gasteiger partial charge in [0.15, 0.2) is 5.60 Å². The van der Waals surface area contributed by atoms with Crippen LogP contribution in [-0.2, 0) is 9.53 Å². The average Bonchev–Trinajstić information content (AvgIpc) is 2.41. The Morgan fingerprint density at radius 1 is 1.89 bits per heavy atom. The van der Waals surface area contributed by atoms with Crippen LogP contribution >= 0.6 is 0 Å². The second-order valence-electron chi connectivity index (χ2n) is 2.52. The van der Waals surface area contributed by atoms with Crippen LogP contribution in [0.3, 0.4) is 0 Å². The van der Waals surface area contributed by atoms with Crippen molar-refractivity contribution in [2.75, 3.05) is 7.11 Å². The molecule has 2 unspecified atom stereocenters. The number of ether oxygens (including phenoxy) is 1. The highest BCUT2D eigenvalue weighted by Gasteiger charge is 2.57. The van der Waals surface area contributed by atoms with E-state index in [0.29, 0.717) is 6.42 Å². The number of carbonyl (C=O) groups excluding carboxylic acids is 1. The molecule has 3 heteroatoms. The molecule has 0 aromatic heterocycles. The van der Waals surface area contributed by atoms with Crippen molar-refractivity contribution in [3.8, 4) is 0 Å². The molecular formula is C6H10O3. The van der Waals surface area contributed by atoms with E-state index in [1.54, 1.807) is 0 Å². The monoisotopic (exact) mass is 130 g/mol. The first-order valence-corrected chi connectivity index (χ1v) is 2.92. The number of rotatable bonds is 1. The van der Waals surface area contributed by atoms with Gasteiger partial charge in [0.25, 0.3) is 0 Å². The highest BCUT2D eigenvalue weighted by molar-refractivity contribution is 5.83. The Kier molecular flexibility index (Phi) is 1.24. The maximum atomic E-state index is 10.6. The summed E-state index contributed by atoms with van der Waals surface area (Å²) >= 11 is 0. The lowest BCUT2D eigenvalue weighted by molar-refractivity contribution is -0.153. The van der Waals surface area contributed by atoms with Crippen LogP contribution in [0.5, 0.6) is 0 Å². The van der Waals surface area contributed by atoms with E-state index in [-0.39, 0.29) is 5.92 Å². The smallest absolute Gasteiger partial charge is 0.338 e. The molecule has 0 saturated heterocycles. The van der Waals surface area contributed by atoms with E-state index in [1.165, 1.54) is 7.11 Å². The Bertz CT molecular complexity index is 143. The standard InChI is InChI=1S/C6H10O3/c1-4-3-6(4,8)5(7)9-2/h4,8H,3H2,1-2H3. The molecule has 9 heavy (non-hydrogen) atoms. The van der Waals surface area contributed by atoms with E-state index in [0.717, 1.165) is 0 Å². The van der Waals surface area contributed by atoms with Gasteiger partial charge in [-0.1, -0.05) is 6.92 Å². The average molecular weight is 130 g/mol. The van der Waals surface area contributed by atoms with Gasteiger partial charge in [0, 0.05) is 0 Å². The predicted octanol–water partition coefficient (Wildman–Crippen LogP) is -0.0697. The summed E-state index contributed by atoms with van der Waals surface area (Å²) in [5, 5.41) is 9.19. The first-order chi connectivity index (χ1) is 4.11. The van der Waals surface area contributed by atoms with Crippen LogP contribution in [0.25, 0.3) is 0 Å². The third-order valence-corrected chi connectivity index (χ3v) is 1.81. The molecule has 0 aromatic carbocycles. The van der Waals surface area contributed by atoms with Gasteiger partial charge in [-0.25, -0.2) is 4.79 Å². The zero-order valence-electron chi connectivity index (χ0n) is 5.55. The van der Waals surface area contributed by atoms with Crippen molar-refractivity contribution >= 4 is 5.97 Å². The van der Waals surface area contributed by atoms with Crippen LogP contribution in [0.15, 0.2) is 0 Å². The Morgan fingerprint density at radius 3 is 2.44 bits per heavy atom. The van der Waals surface area contributed by atoms with Crippen LogP contribution < -0.4 is 0 Å². The van der Waals surface area contributed by atoms with Crippen LogP contribution in [0.4, 0.5) is 0 Å². The van der Waals surface area contributed by atoms with E-state index in [2.05, 4.69) is 4.74 Å². The van der Waals surface area contributed by atoms with Crippen molar-refractivity contribution in [1.82, 2.24) is 0 Å². The maximum absolute atomic E-state index is 10.6. The zero-order valence-corrected chi connectivity index (χ0v) is 5.55. The van der Waals surface area contributed by atoms with Crippen molar-refractivity contribution < 1.29 is 14.6 Å². The van der Waals surface area contributed by atoms with E-state index in [4.69, 9.17) is 0 Å². The first-order valence-electron chi connectivity index (χ1n) is 2.92. The molecular weight excluding hydrogens is 120 g/mol. The Labute approximate surface area is 53.6 Å². The summed E-state index contributed by atoms with van der Waals surface area (Å²) in [6.45, 7) is 1.82. The lowest BCUT2D eigenvalue weighted by Gasteiger charge is -2.03. The number of hydrogen-bond donors (Lipinski definition) is 1. The van der Waals surface area contributed by atoms with Gasteiger partial charge in [-0.3, -0.25) is 0 Å². The zero-order chi connectivity index (χ0) is 7.07. The van der Waals surface area contributed by atoms with Crippen LogP contribution in [-0.4, -0.2) is 23.8 Å². The fourth-order valence-electron chi connectivity index (χ4n) is 0.869. The van der Waals surface area contributed by atoms with Gasteiger partial charge >= 0.3 is 5.97 Å². The quantitative estimate of drug-likeness (QED) is 0.505. The summed E-state index contributed by atoms with van der Waals surface area (Å²) in [5.41, 5.74) is -1.14. The fraction of sp³-hybridized carbons (Fsp3) is 0.833. The fourth-order valence-corrected chi connectivity index (χ4v) is 0.869. The van der Waals surface area contributed by atoms with Crippen molar-refractivity contribution in [2.45, 2.75) is 18.9 Å². The minimum Gasteiger partial charge on any atom is -0.467 e. The number of methoxy groups -OCH3 is 1. The molecule has 0 radical (unpaired) electrons.